The molecule has 0 aliphatic rings. The van der Waals surface area contributed by atoms with Gasteiger partial charge in [0.25, 0.3) is 0 Å². The summed E-state index contributed by atoms with van der Waals surface area (Å²) in [4.78, 5) is 4.37. The second kappa shape index (κ2) is 10.1. The number of hydrogen-bond donors (Lipinski definition) is 3. The van der Waals surface area contributed by atoms with Crippen LogP contribution in [0.4, 0.5) is 5.69 Å². The molecule has 0 aliphatic heterocycles. The van der Waals surface area contributed by atoms with Crippen molar-refractivity contribution in [3.63, 3.8) is 0 Å². The highest BCUT2D eigenvalue weighted by molar-refractivity contribution is 6.18. The van der Waals surface area contributed by atoms with Crippen LogP contribution in [-0.2, 0) is 0 Å². The number of benzene rings is 2. The maximum absolute atomic E-state index is 9.56. The molecule has 0 heterocycles. The van der Waals surface area contributed by atoms with Gasteiger partial charge < -0.3 is 24.8 Å². The third-order valence-corrected chi connectivity index (χ3v) is 3.70. The predicted molar refractivity (Wildman–Crippen MR) is 101 cm³/mol. The van der Waals surface area contributed by atoms with Crippen LogP contribution in [0, 0.1) is 0 Å². The summed E-state index contributed by atoms with van der Waals surface area (Å²) in [6.07, 6.45) is -1.31. The smallest absolute Gasteiger partial charge is 0.223 e. The molecule has 0 saturated heterocycles. The Hall–Kier alpha value is -2.12. The maximum Gasteiger partial charge on any atom is 0.223 e. The van der Waals surface area contributed by atoms with Crippen LogP contribution in [-0.4, -0.2) is 52.5 Å². The highest BCUT2D eigenvalue weighted by Gasteiger charge is 2.12. The first kappa shape index (κ1) is 20.2. The van der Waals surface area contributed by atoms with Gasteiger partial charge in [0.05, 0.1) is 11.6 Å². The lowest BCUT2D eigenvalue weighted by molar-refractivity contribution is -0.0959. The quantitative estimate of drug-likeness (QED) is 0.354. The van der Waals surface area contributed by atoms with Gasteiger partial charge in [-0.15, -0.1) is 11.6 Å². The number of aliphatic imine (C=N–C) groups is 1. The number of aliphatic hydroxyl groups is 3. The Labute approximate surface area is 157 Å². The van der Waals surface area contributed by atoms with Gasteiger partial charge in [0.1, 0.15) is 30.3 Å². The van der Waals surface area contributed by atoms with E-state index in [4.69, 9.17) is 21.1 Å². The van der Waals surface area contributed by atoms with Crippen LogP contribution < -0.4 is 9.47 Å². The Morgan fingerprint density at radius 2 is 1.81 bits per heavy atom. The van der Waals surface area contributed by atoms with Crippen LogP contribution in [0.2, 0.25) is 0 Å². The standard InChI is InChI=1S/C19H22ClNO5/c1-13(22)19(24)26-18-4-2-3-14(9-18)11-21-15-5-7-17(8-6-15)25-12-16(23)10-20/h2-9,11,13,16,19,22-24H,10,12H2,1H3. The average molecular weight is 380 g/mol. The van der Waals surface area contributed by atoms with E-state index in [2.05, 4.69) is 4.99 Å². The van der Waals surface area contributed by atoms with Crippen molar-refractivity contribution in [3.8, 4) is 11.5 Å². The molecule has 0 aromatic heterocycles. The molecule has 2 aromatic rings. The van der Waals surface area contributed by atoms with Crippen LogP contribution >= 0.6 is 11.6 Å². The molecule has 0 saturated carbocycles. The van der Waals surface area contributed by atoms with Gasteiger partial charge in [0, 0.05) is 6.21 Å². The summed E-state index contributed by atoms with van der Waals surface area (Å²) in [6, 6.07) is 14.1. The molecule has 26 heavy (non-hydrogen) atoms. The van der Waals surface area contributed by atoms with E-state index in [1.54, 1.807) is 48.7 Å². The van der Waals surface area contributed by atoms with Crippen molar-refractivity contribution in [2.45, 2.75) is 25.4 Å². The summed E-state index contributed by atoms with van der Waals surface area (Å²) in [5.41, 5.74) is 1.51. The first-order valence-electron chi connectivity index (χ1n) is 8.11. The molecule has 0 bridgehead atoms. The van der Waals surface area contributed by atoms with Gasteiger partial charge in [-0.25, -0.2) is 0 Å². The van der Waals surface area contributed by atoms with Gasteiger partial charge >= 0.3 is 0 Å². The largest absolute Gasteiger partial charge is 0.491 e. The molecule has 0 radical (unpaired) electrons. The molecule has 0 fully saturated rings. The Kier molecular flexibility index (Phi) is 7.87. The summed E-state index contributed by atoms with van der Waals surface area (Å²) in [6.45, 7) is 1.58. The van der Waals surface area contributed by atoms with Crippen LogP contribution in [0.3, 0.4) is 0 Å². The summed E-state index contributed by atoms with van der Waals surface area (Å²) in [5, 5.41) is 28.2. The maximum atomic E-state index is 9.56. The van der Waals surface area contributed by atoms with E-state index in [0.717, 1.165) is 11.3 Å². The minimum Gasteiger partial charge on any atom is -0.491 e. The zero-order valence-electron chi connectivity index (χ0n) is 14.3. The molecular weight excluding hydrogens is 358 g/mol. The van der Waals surface area contributed by atoms with Gasteiger partial charge in [-0.05, 0) is 48.9 Å². The minimum absolute atomic E-state index is 0.124. The van der Waals surface area contributed by atoms with Crippen molar-refractivity contribution in [2.75, 3.05) is 12.5 Å². The van der Waals surface area contributed by atoms with Crippen molar-refractivity contribution in [1.82, 2.24) is 0 Å². The lowest BCUT2D eigenvalue weighted by Gasteiger charge is -2.15. The van der Waals surface area contributed by atoms with E-state index in [0.29, 0.717) is 11.5 Å². The SMILES string of the molecule is CC(O)C(O)Oc1cccc(C=Nc2ccc(OCC(O)CCl)cc2)c1. The van der Waals surface area contributed by atoms with Gasteiger partial charge in [0.15, 0.2) is 0 Å². The number of rotatable bonds is 9. The molecular formula is C19H22ClNO5. The molecule has 2 rings (SSSR count). The summed E-state index contributed by atoms with van der Waals surface area (Å²) < 4.78 is 10.6. The van der Waals surface area contributed by atoms with Gasteiger partial charge in [-0.2, -0.15) is 0 Å². The van der Waals surface area contributed by atoms with Gasteiger partial charge in [-0.1, -0.05) is 12.1 Å². The second-order valence-electron chi connectivity index (χ2n) is 5.69. The first-order valence-corrected chi connectivity index (χ1v) is 8.65. The Morgan fingerprint density at radius 3 is 2.46 bits per heavy atom. The third-order valence-electron chi connectivity index (χ3n) is 3.35. The zero-order valence-corrected chi connectivity index (χ0v) is 15.1. The number of ether oxygens (including phenoxy) is 2. The molecule has 2 aromatic carbocycles. The lowest BCUT2D eigenvalue weighted by Crippen LogP contribution is -2.28. The van der Waals surface area contributed by atoms with Crippen LogP contribution in [0.1, 0.15) is 12.5 Å². The third kappa shape index (κ3) is 6.65. The molecule has 0 spiro atoms. The van der Waals surface area contributed by atoms with Gasteiger partial charge in [-0.3, -0.25) is 4.99 Å². The normalized spacial score (nSPS) is 14.8. The molecule has 0 amide bonds. The monoisotopic (exact) mass is 379 g/mol. The molecule has 0 aliphatic carbocycles. The van der Waals surface area contributed by atoms with E-state index >= 15 is 0 Å². The van der Waals surface area contributed by atoms with E-state index in [-0.39, 0.29) is 12.5 Å². The average Bonchev–Trinajstić information content (AvgIpc) is 2.65. The Bertz CT molecular complexity index is 705. The fourth-order valence-corrected chi connectivity index (χ4v) is 2.01. The Morgan fingerprint density at radius 1 is 1.08 bits per heavy atom. The van der Waals surface area contributed by atoms with Crippen molar-refractivity contribution < 1.29 is 24.8 Å². The highest BCUT2D eigenvalue weighted by Crippen LogP contribution is 2.19. The molecule has 3 atom stereocenters. The number of aliphatic hydroxyl groups excluding tert-OH is 3. The van der Waals surface area contributed by atoms with Crippen molar-refractivity contribution >= 4 is 23.5 Å². The zero-order chi connectivity index (χ0) is 18.9. The topological polar surface area (TPSA) is 91.5 Å². The van der Waals surface area contributed by atoms with Crippen LogP contribution in [0.5, 0.6) is 11.5 Å². The minimum atomic E-state index is -1.29. The number of hydrogen-bond acceptors (Lipinski definition) is 6. The van der Waals surface area contributed by atoms with Gasteiger partial charge in [0.2, 0.25) is 6.29 Å². The van der Waals surface area contributed by atoms with E-state index in [1.807, 2.05) is 6.07 Å². The Balaban J connectivity index is 1.96. The lowest BCUT2D eigenvalue weighted by atomic mass is 10.2. The van der Waals surface area contributed by atoms with E-state index < -0.39 is 18.5 Å². The van der Waals surface area contributed by atoms with Crippen molar-refractivity contribution in [3.05, 3.63) is 54.1 Å². The number of halogens is 1. The molecule has 3 unspecified atom stereocenters. The van der Waals surface area contributed by atoms with Crippen LogP contribution in [0.25, 0.3) is 0 Å². The molecule has 6 nitrogen and oxygen atoms in total. The second-order valence-corrected chi connectivity index (χ2v) is 6.00. The fraction of sp³-hybridized carbons (Fsp3) is 0.316. The summed E-state index contributed by atoms with van der Waals surface area (Å²) in [5.74, 6) is 1.18. The summed E-state index contributed by atoms with van der Waals surface area (Å²) >= 11 is 5.51. The van der Waals surface area contributed by atoms with Crippen LogP contribution in [0.15, 0.2) is 53.5 Å². The van der Waals surface area contributed by atoms with E-state index in [9.17, 15) is 15.3 Å². The summed E-state index contributed by atoms with van der Waals surface area (Å²) in [7, 11) is 0. The molecule has 140 valence electrons. The fourth-order valence-electron chi connectivity index (χ4n) is 1.92. The molecule has 7 heteroatoms. The predicted octanol–water partition coefficient (Wildman–Crippen LogP) is 2.49. The molecule has 3 N–H and O–H groups in total. The van der Waals surface area contributed by atoms with Crippen molar-refractivity contribution in [2.24, 2.45) is 4.99 Å². The number of nitrogens with zero attached hydrogens (tertiary/aromatic N) is 1. The first-order chi connectivity index (χ1) is 12.5. The van der Waals surface area contributed by atoms with Crippen molar-refractivity contribution in [1.29, 1.82) is 0 Å². The highest BCUT2D eigenvalue weighted by atomic mass is 35.5. The number of alkyl halides is 1. The van der Waals surface area contributed by atoms with E-state index in [1.165, 1.54) is 6.92 Å².